The molecular weight excluding hydrogens is 316 g/mol. The van der Waals surface area contributed by atoms with E-state index in [1.807, 2.05) is 42.2 Å². The van der Waals surface area contributed by atoms with Gasteiger partial charge in [0.05, 0.1) is 17.7 Å². The van der Waals surface area contributed by atoms with E-state index in [1.54, 1.807) is 18.0 Å². The van der Waals surface area contributed by atoms with Gasteiger partial charge in [-0.2, -0.15) is 0 Å². The highest BCUT2D eigenvalue weighted by molar-refractivity contribution is 5.95. The van der Waals surface area contributed by atoms with Crippen molar-refractivity contribution in [3.05, 3.63) is 59.2 Å². The van der Waals surface area contributed by atoms with Gasteiger partial charge in [-0.15, -0.1) is 0 Å². The largest absolute Gasteiger partial charge is 0.339 e. The third-order valence-electron chi connectivity index (χ3n) is 4.45. The Labute approximate surface area is 147 Å². The molecule has 6 heteroatoms. The molecule has 0 radical (unpaired) electrons. The molecule has 1 aromatic carbocycles. The second kappa shape index (κ2) is 7.42. The standard InChI is InChI=1S/C19H22N4O2/c1-14-17(13-20-15(2)21-14)19(25)23-10-8-22(9-11-23)18(24)12-16-6-4-3-5-7-16/h3-7,13H,8-12H2,1-2H3. The molecule has 0 bridgehead atoms. The Balaban J connectivity index is 1.58. The Morgan fingerprint density at radius 2 is 1.64 bits per heavy atom. The average Bonchev–Trinajstić information content (AvgIpc) is 2.62. The molecule has 25 heavy (non-hydrogen) atoms. The van der Waals surface area contributed by atoms with Gasteiger partial charge >= 0.3 is 0 Å². The van der Waals surface area contributed by atoms with Crippen molar-refractivity contribution < 1.29 is 9.59 Å². The number of rotatable bonds is 3. The molecule has 2 amide bonds. The lowest BCUT2D eigenvalue weighted by Crippen LogP contribution is -2.51. The molecule has 3 rings (SSSR count). The average molecular weight is 338 g/mol. The number of aryl methyl sites for hydroxylation is 2. The van der Waals surface area contributed by atoms with Gasteiger partial charge < -0.3 is 9.80 Å². The lowest BCUT2D eigenvalue weighted by Gasteiger charge is -2.35. The van der Waals surface area contributed by atoms with Crippen LogP contribution in [0.5, 0.6) is 0 Å². The van der Waals surface area contributed by atoms with Crippen molar-refractivity contribution in [2.75, 3.05) is 26.2 Å². The summed E-state index contributed by atoms with van der Waals surface area (Å²) in [5.74, 6) is 0.700. The highest BCUT2D eigenvalue weighted by Gasteiger charge is 2.26. The monoisotopic (exact) mass is 338 g/mol. The minimum atomic E-state index is -0.0624. The highest BCUT2D eigenvalue weighted by atomic mass is 16.2. The summed E-state index contributed by atoms with van der Waals surface area (Å²) in [6.45, 7) is 5.81. The maximum absolute atomic E-state index is 12.6. The van der Waals surface area contributed by atoms with Crippen molar-refractivity contribution in [3.8, 4) is 0 Å². The summed E-state index contributed by atoms with van der Waals surface area (Å²) in [5, 5.41) is 0. The summed E-state index contributed by atoms with van der Waals surface area (Å²) >= 11 is 0. The van der Waals surface area contributed by atoms with E-state index in [2.05, 4.69) is 9.97 Å². The fourth-order valence-electron chi connectivity index (χ4n) is 3.00. The molecule has 1 aromatic heterocycles. The zero-order valence-electron chi connectivity index (χ0n) is 14.6. The second-order valence-corrected chi connectivity index (χ2v) is 6.25. The number of aromatic nitrogens is 2. The van der Waals surface area contributed by atoms with Crippen LogP contribution in [0.15, 0.2) is 36.5 Å². The van der Waals surface area contributed by atoms with Gasteiger partial charge in [0.1, 0.15) is 5.82 Å². The number of carbonyl (C=O) groups excluding carboxylic acids is 2. The molecule has 1 aliphatic heterocycles. The molecule has 0 aliphatic carbocycles. The number of hydrogen-bond donors (Lipinski definition) is 0. The van der Waals surface area contributed by atoms with E-state index < -0.39 is 0 Å². The molecular formula is C19H22N4O2. The first-order chi connectivity index (χ1) is 12.0. The van der Waals surface area contributed by atoms with Gasteiger partial charge in [-0.3, -0.25) is 9.59 Å². The van der Waals surface area contributed by atoms with Gasteiger partial charge in [-0.05, 0) is 19.4 Å². The van der Waals surface area contributed by atoms with Crippen molar-refractivity contribution in [1.29, 1.82) is 0 Å². The number of amides is 2. The maximum atomic E-state index is 12.6. The van der Waals surface area contributed by atoms with Crippen LogP contribution in [-0.2, 0) is 11.2 Å². The van der Waals surface area contributed by atoms with Crippen LogP contribution in [0.1, 0.15) is 27.4 Å². The normalized spacial score (nSPS) is 14.5. The Morgan fingerprint density at radius 3 is 2.28 bits per heavy atom. The SMILES string of the molecule is Cc1ncc(C(=O)N2CCN(C(=O)Cc3ccccc3)CC2)c(C)n1. The Bertz CT molecular complexity index is 768. The number of nitrogens with zero attached hydrogens (tertiary/aromatic N) is 4. The number of carbonyl (C=O) groups is 2. The first kappa shape index (κ1) is 17.1. The number of piperazine rings is 1. The van der Waals surface area contributed by atoms with Gasteiger partial charge in [0, 0.05) is 32.4 Å². The predicted octanol–water partition coefficient (Wildman–Crippen LogP) is 1.62. The van der Waals surface area contributed by atoms with Crippen molar-refractivity contribution in [1.82, 2.24) is 19.8 Å². The summed E-state index contributed by atoms with van der Waals surface area (Å²) < 4.78 is 0. The van der Waals surface area contributed by atoms with E-state index in [-0.39, 0.29) is 11.8 Å². The Morgan fingerprint density at radius 1 is 1.00 bits per heavy atom. The van der Waals surface area contributed by atoms with Crippen LogP contribution in [0.4, 0.5) is 0 Å². The van der Waals surface area contributed by atoms with Crippen LogP contribution in [-0.4, -0.2) is 57.8 Å². The van der Waals surface area contributed by atoms with E-state index >= 15 is 0 Å². The van der Waals surface area contributed by atoms with Crippen LogP contribution in [0.25, 0.3) is 0 Å². The van der Waals surface area contributed by atoms with Gasteiger partial charge in [-0.1, -0.05) is 30.3 Å². The van der Waals surface area contributed by atoms with Crippen molar-refractivity contribution in [3.63, 3.8) is 0 Å². The molecule has 1 fully saturated rings. The molecule has 0 atom stereocenters. The quantitative estimate of drug-likeness (QED) is 0.853. The molecule has 0 spiro atoms. The van der Waals surface area contributed by atoms with Gasteiger partial charge in [0.25, 0.3) is 5.91 Å². The van der Waals surface area contributed by atoms with Crippen molar-refractivity contribution >= 4 is 11.8 Å². The fourth-order valence-corrected chi connectivity index (χ4v) is 3.00. The lowest BCUT2D eigenvalue weighted by molar-refractivity contribution is -0.131. The Hall–Kier alpha value is -2.76. The lowest BCUT2D eigenvalue weighted by atomic mass is 10.1. The fraction of sp³-hybridized carbons (Fsp3) is 0.368. The minimum absolute atomic E-state index is 0.0624. The van der Waals surface area contributed by atoms with Gasteiger partial charge in [0.2, 0.25) is 5.91 Å². The zero-order chi connectivity index (χ0) is 17.8. The second-order valence-electron chi connectivity index (χ2n) is 6.25. The molecule has 0 N–H and O–H groups in total. The minimum Gasteiger partial charge on any atom is -0.339 e. The summed E-state index contributed by atoms with van der Waals surface area (Å²) in [5.41, 5.74) is 2.24. The van der Waals surface area contributed by atoms with E-state index in [0.29, 0.717) is 49.7 Å². The van der Waals surface area contributed by atoms with E-state index in [1.165, 1.54) is 0 Å². The number of hydrogen-bond acceptors (Lipinski definition) is 4. The van der Waals surface area contributed by atoms with E-state index in [9.17, 15) is 9.59 Å². The van der Waals surface area contributed by atoms with Crippen molar-refractivity contribution in [2.24, 2.45) is 0 Å². The van der Waals surface area contributed by atoms with Crippen molar-refractivity contribution in [2.45, 2.75) is 20.3 Å². The van der Waals surface area contributed by atoms with E-state index in [4.69, 9.17) is 0 Å². The molecule has 0 unspecified atom stereocenters. The predicted molar refractivity (Wildman–Crippen MR) is 94.1 cm³/mol. The summed E-state index contributed by atoms with van der Waals surface area (Å²) in [6, 6.07) is 9.72. The summed E-state index contributed by atoms with van der Waals surface area (Å²) in [7, 11) is 0. The summed E-state index contributed by atoms with van der Waals surface area (Å²) in [4.78, 5) is 37.0. The van der Waals surface area contributed by atoms with Crippen LogP contribution < -0.4 is 0 Å². The van der Waals surface area contributed by atoms with Gasteiger partial charge in [0.15, 0.2) is 0 Å². The Kier molecular flexibility index (Phi) is 5.07. The maximum Gasteiger partial charge on any atom is 0.257 e. The molecule has 1 aliphatic rings. The zero-order valence-corrected chi connectivity index (χ0v) is 14.6. The molecule has 2 heterocycles. The molecule has 6 nitrogen and oxygen atoms in total. The van der Waals surface area contributed by atoms with Crippen LogP contribution in [0.2, 0.25) is 0 Å². The van der Waals surface area contributed by atoms with E-state index in [0.717, 1.165) is 5.56 Å². The smallest absolute Gasteiger partial charge is 0.257 e. The first-order valence-corrected chi connectivity index (χ1v) is 8.46. The van der Waals surface area contributed by atoms with Crippen LogP contribution in [0.3, 0.4) is 0 Å². The third kappa shape index (κ3) is 4.02. The molecule has 130 valence electrons. The van der Waals surface area contributed by atoms with Crippen LogP contribution in [0, 0.1) is 13.8 Å². The molecule has 2 aromatic rings. The highest BCUT2D eigenvalue weighted by Crippen LogP contribution is 2.12. The first-order valence-electron chi connectivity index (χ1n) is 8.46. The van der Waals surface area contributed by atoms with Crippen LogP contribution >= 0.6 is 0 Å². The topological polar surface area (TPSA) is 66.4 Å². The molecule has 0 saturated carbocycles. The number of benzene rings is 1. The third-order valence-corrected chi connectivity index (χ3v) is 4.45. The molecule has 1 saturated heterocycles. The van der Waals surface area contributed by atoms with Gasteiger partial charge in [-0.25, -0.2) is 9.97 Å². The summed E-state index contributed by atoms with van der Waals surface area (Å²) in [6.07, 6.45) is 1.99.